The molecule has 1 N–H and O–H groups in total. The van der Waals surface area contributed by atoms with Gasteiger partial charge in [0.25, 0.3) is 0 Å². The highest BCUT2D eigenvalue weighted by Gasteiger charge is 2.27. The molecule has 0 fully saturated rings. The lowest BCUT2D eigenvalue weighted by Crippen LogP contribution is -2.05. The number of carboxylic acid groups (broad SMARTS) is 1. The second-order valence-electron chi connectivity index (χ2n) is 3.60. The first kappa shape index (κ1) is 9.46. The minimum absolute atomic E-state index is 0.366. The summed E-state index contributed by atoms with van der Waals surface area (Å²) >= 11 is 1.47. The third-order valence-corrected chi connectivity index (χ3v) is 3.96. The van der Waals surface area contributed by atoms with E-state index in [2.05, 4.69) is 15.5 Å². The number of carbonyl (C=O) groups is 1. The monoisotopic (exact) mass is 236 g/mol. The highest BCUT2D eigenvalue weighted by atomic mass is 32.1. The van der Waals surface area contributed by atoms with Gasteiger partial charge in [0.1, 0.15) is 11.3 Å². The number of tetrazole rings is 1. The Morgan fingerprint density at radius 2 is 2.38 bits per heavy atom. The third-order valence-electron chi connectivity index (χ3n) is 2.67. The summed E-state index contributed by atoms with van der Waals surface area (Å²) in [6.45, 7) is 0. The van der Waals surface area contributed by atoms with Gasteiger partial charge in [-0.05, 0) is 35.3 Å². The van der Waals surface area contributed by atoms with E-state index in [4.69, 9.17) is 0 Å². The van der Waals surface area contributed by atoms with Gasteiger partial charge in [0.15, 0.2) is 0 Å². The maximum Gasteiger partial charge on any atom is 0.339 e. The number of thiophene rings is 1. The molecule has 2 aromatic heterocycles. The summed E-state index contributed by atoms with van der Waals surface area (Å²) < 4.78 is 1.42. The van der Waals surface area contributed by atoms with Crippen molar-refractivity contribution in [2.45, 2.75) is 19.3 Å². The fourth-order valence-corrected chi connectivity index (χ4v) is 3.32. The van der Waals surface area contributed by atoms with Gasteiger partial charge in [0.05, 0.1) is 5.56 Å². The molecule has 0 spiro atoms. The van der Waals surface area contributed by atoms with Crippen LogP contribution in [-0.2, 0) is 12.8 Å². The molecule has 2 heterocycles. The van der Waals surface area contributed by atoms with Crippen LogP contribution in [0.5, 0.6) is 0 Å². The quantitative estimate of drug-likeness (QED) is 0.838. The number of rotatable bonds is 2. The van der Waals surface area contributed by atoms with E-state index in [1.807, 2.05) is 0 Å². The SMILES string of the molecule is O=C(O)c1c(-n2cnnn2)sc2c1CCC2. The number of hydrogen-bond donors (Lipinski definition) is 1. The lowest BCUT2D eigenvalue weighted by molar-refractivity contribution is 0.0696. The van der Waals surface area contributed by atoms with Crippen molar-refractivity contribution in [3.63, 3.8) is 0 Å². The highest BCUT2D eigenvalue weighted by Crippen LogP contribution is 2.37. The van der Waals surface area contributed by atoms with Crippen molar-refractivity contribution in [3.05, 3.63) is 22.3 Å². The molecule has 0 atom stereocenters. The van der Waals surface area contributed by atoms with Crippen LogP contribution < -0.4 is 0 Å². The van der Waals surface area contributed by atoms with E-state index in [9.17, 15) is 9.90 Å². The molecular formula is C9H8N4O2S. The molecule has 2 aromatic rings. The Hall–Kier alpha value is -1.76. The van der Waals surface area contributed by atoms with E-state index >= 15 is 0 Å². The number of aromatic carboxylic acids is 1. The second kappa shape index (κ2) is 3.38. The summed E-state index contributed by atoms with van der Waals surface area (Å²) in [6, 6.07) is 0. The average molecular weight is 236 g/mol. The molecule has 1 aliphatic rings. The Morgan fingerprint density at radius 3 is 3.06 bits per heavy atom. The Morgan fingerprint density at radius 1 is 1.50 bits per heavy atom. The van der Waals surface area contributed by atoms with E-state index in [0.717, 1.165) is 29.7 Å². The Kier molecular flexibility index (Phi) is 2.00. The van der Waals surface area contributed by atoms with Gasteiger partial charge in [0, 0.05) is 4.88 Å². The summed E-state index contributed by atoms with van der Waals surface area (Å²) in [5.41, 5.74) is 1.33. The molecular weight excluding hydrogens is 228 g/mol. The van der Waals surface area contributed by atoms with E-state index in [0.29, 0.717) is 10.6 Å². The lowest BCUT2D eigenvalue weighted by Gasteiger charge is -1.99. The molecule has 0 radical (unpaired) electrons. The van der Waals surface area contributed by atoms with Crippen LogP contribution in [0.15, 0.2) is 6.33 Å². The second-order valence-corrected chi connectivity index (χ2v) is 4.68. The molecule has 3 rings (SSSR count). The van der Waals surface area contributed by atoms with Crippen molar-refractivity contribution < 1.29 is 9.90 Å². The molecule has 16 heavy (non-hydrogen) atoms. The number of aryl methyl sites for hydroxylation is 1. The zero-order valence-electron chi connectivity index (χ0n) is 8.25. The smallest absolute Gasteiger partial charge is 0.339 e. The molecule has 82 valence electrons. The minimum atomic E-state index is -0.898. The number of carboxylic acids is 1. The van der Waals surface area contributed by atoms with Crippen molar-refractivity contribution in [1.29, 1.82) is 0 Å². The Bertz CT molecular complexity index is 546. The first-order valence-corrected chi connectivity index (χ1v) is 5.70. The summed E-state index contributed by atoms with van der Waals surface area (Å²) in [7, 11) is 0. The summed E-state index contributed by atoms with van der Waals surface area (Å²) in [5.74, 6) is -0.898. The molecule has 0 aliphatic heterocycles. The number of fused-ring (bicyclic) bond motifs is 1. The largest absolute Gasteiger partial charge is 0.478 e. The van der Waals surface area contributed by atoms with Crippen LogP contribution in [0.2, 0.25) is 0 Å². The fraction of sp³-hybridized carbons (Fsp3) is 0.333. The van der Waals surface area contributed by atoms with E-state index in [-0.39, 0.29) is 0 Å². The zero-order chi connectivity index (χ0) is 11.1. The van der Waals surface area contributed by atoms with Crippen LogP contribution in [0, 0.1) is 0 Å². The molecule has 0 bridgehead atoms. The first-order chi connectivity index (χ1) is 7.77. The van der Waals surface area contributed by atoms with Crippen LogP contribution >= 0.6 is 11.3 Å². The molecule has 7 heteroatoms. The standard InChI is InChI=1S/C9H8N4O2S/c14-9(15)7-5-2-1-3-6(5)16-8(7)13-4-10-11-12-13/h4H,1-3H2,(H,14,15). The number of aromatic nitrogens is 4. The van der Waals surface area contributed by atoms with Crippen LogP contribution in [0.1, 0.15) is 27.2 Å². The highest BCUT2D eigenvalue weighted by molar-refractivity contribution is 7.15. The lowest BCUT2D eigenvalue weighted by atomic mass is 10.1. The van der Waals surface area contributed by atoms with E-state index in [1.54, 1.807) is 0 Å². The Balaban J connectivity index is 2.22. The Labute approximate surface area is 94.5 Å². The van der Waals surface area contributed by atoms with Crippen molar-refractivity contribution in [3.8, 4) is 5.00 Å². The molecule has 1 aliphatic carbocycles. The van der Waals surface area contributed by atoms with Crippen molar-refractivity contribution in [2.24, 2.45) is 0 Å². The zero-order valence-corrected chi connectivity index (χ0v) is 9.07. The van der Waals surface area contributed by atoms with Crippen LogP contribution in [0.3, 0.4) is 0 Å². The van der Waals surface area contributed by atoms with Gasteiger partial charge in [-0.15, -0.1) is 16.4 Å². The fourth-order valence-electron chi connectivity index (χ4n) is 2.03. The summed E-state index contributed by atoms with van der Waals surface area (Å²) in [6.07, 6.45) is 4.27. The van der Waals surface area contributed by atoms with Gasteiger partial charge in [-0.1, -0.05) is 0 Å². The first-order valence-electron chi connectivity index (χ1n) is 4.88. The minimum Gasteiger partial charge on any atom is -0.478 e. The van der Waals surface area contributed by atoms with E-state index < -0.39 is 5.97 Å². The van der Waals surface area contributed by atoms with E-state index in [1.165, 1.54) is 22.3 Å². The van der Waals surface area contributed by atoms with Gasteiger partial charge in [0.2, 0.25) is 0 Å². The van der Waals surface area contributed by atoms with Gasteiger partial charge in [-0.25, -0.2) is 4.79 Å². The van der Waals surface area contributed by atoms with Gasteiger partial charge in [-0.3, -0.25) is 0 Å². The van der Waals surface area contributed by atoms with Crippen LogP contribution in [0.25, 0.3) is 5.00 Å². The van der Waals surface area contributed by atoms with Crippen LogP contribution in [0.4, 0.5) is 0 Å². The normalized spacial score (nSPS) is 14.0. The number of nitrogens with zero attached hydrogens (tertiary/aromatic N) is 4. The topological polar surface area (TPSA) is 80.9 Å². The van der Waals surface area contributed by atoms with Gasteiger partial charge in [-0.2, -0.15) is 4.68 Å². The number of hydrogen-bond acceptors (Lipinski definition) is 5. The van der Waals surface area contributed by atoms with Crippen LogP contribution in [-0.4, -0.2) is 31.3 Å². The van der Waals surface area contributed by atoms with Crippen molar-refractivity contribution in [2.75, 3.05) is 0 Å². The molecule has 6 nitrogen and oxygen atoms in total. The average Bonchev–Trinajstić information content (AvgIpc) is 2.92. The molecule has 0 saturated carbocycles. The summed E-state index contributed by atoms with van der Waals surface area (Å²) in [4.78, 5) is 12.4. The molecule has 0 unspecified atom stereocenters. The van der Waals surface area contributed by atoms with Gasteiger partial charge >= 0.3 is 5.97 Å². The molecule has 0 amide bonds. The summed E-state index contributed by atoms with van der Waals surface area (Å²) in [5, 5.41) is 20.7. The molecule has 0 aromatic carbocycles. The predicted molar refractivity (Wildman–Crippen MR) is 56.0 cm³/mol. The maximum atomic E-state index is 11.3. The van der Waals surface area contributed by atoms with Crippen molar-refractivity contribution in [1.82, 2.24) is 20.2 Å². The predicted octanol–water partition coefficient (Wildman–Crippen LogP) is 0.911. The third kappa shape index (κ3) is 1.25. The maximum absolute atomic E-state index is 11.3. The van der Waals surface area contributed by atoms with Gasteiger partial charge < -0.3 is 5.11 Å². The molecule has 0 saturated heterocycles. The van der Waals surface area contributed by atoms with Crippen molar-refractivity contribution >= 4 is 17.3 Å².